The molecule has 0 saturated carbocycles. The minimum atomic E-state index is 0.858. The molecule has 0 aromatic heterocycles. The molecular weight excluding hydrogens is 206 g/mol. The maximum absolute atomic E-state index is 4.99. The van der Waals surface area contributed by atoms with Gasteiger partial charge in [0.05, 0.1) is 23.3 Å². The number of benzene rings is 1. The molecule has 1 rings (SSSR count). The zero-order chi connectivity index (χ0) is 8.10. The molecule has 3 heteroatoms. The van der Waals surface area contributed by atoms with Gasteiger partial charge in [0.15, 0.2) is 0 Å². The van der Waals surface area contributed by atoms with Crippen LogP contribution in [-0.2, 0) is 0 Å². The fourth-order valence-electron chi connectivity index (χ4n) is 0.746. The van der Waals surface area contributed by atoms with Crippen LogP contribution in [0.15, 0.2) is 28.3 Å². The molecule has 0 N–H and O–H groups in total. The van der Waals surface area contributed by atoms with E-state index in [0.29, 0.717) is 0 Å². The maximum Gasteiger partial charge on any atom is 0.118 e. The fourth-order valence-corrected chi connectivity index (χ4v) is 0.983. The summed E-state index contributed by atoms with van der Waals surface area (Å²) in [5, 5.41) is 0. The summed E-state index contributed by atoms with van der Waals surface area (Å²) in [6, 6.07) is 7.65. The monoisotopic (exact) mass is 213 g/mol. The van der Waals surface area contributed by atoms with Crippen molar-refractivity contribution in [1.29, 1.82) is 0 Å². The van der Waals surface area contributed by atoms with Crippen molar-refractivity contribution in [3.05, 3.63) is 29.8 Å². The van der Waals surface area contributed by atoms with Crippen molar-refractivity contribution >= 4 is 22.4 Å². The zero-order valence-electron chi connectivity index (χ0n) is 6.12. The van der Waals surface area contributed by atoms with Crippen LogP contribution >= 0.6 is 16.1 Å². The minimum Gasteiger partial charge on any atom is -0.497 e. The summed E-state index contributed by atoms with van der Waals surface area (Å²) in [6.45, 7) is 0. The van der Waals surface area contributed by atoms with E-state index in [2.05, 4.69) is 20.2 Å². The minimum absolute atomic E-state index is 0.858. The van der Waals surface area contributed by atoms with E-state index in [0.717, 1.165) is 11.3 Å². The third-order valence-electron chi connectivity index (χ3n) is 1.31. The first-order valence-electron chi connectivity index (χ1n) is 3.15. The summed E-state index contributed by atoms with van der Waals surface area (Å²) in [4.78, 5) is 0. The molecule has 0 aliphatic rings. The molecule has 0 fully saturated rings. The number of nitrogens with zero attached hydrogens (tertiary/aromatic N) is 1. The highest BCUT2D eigenvalue weighted by Gasteiger charge is 1.88. The molecule has 0 spiro atoms. The number of ether oxygens (including phenoxy) is 1. The molecule has 0 amide bonds. The highest BCUT2D eigenvalue weighted by atomic mass is 79.9. The number of hydrogen-bond donors (Lipinski definition) is 0. The molecule has 0 bridgehead atoms. The predicted molar refractivity (Wildman–Crippen MR) is 49.5 cm³/mol. The first-order chi connectivity index (χ1) is 5.36. The zero-order valence-corrected chi connectivity index (χ0v) is 7.71. The van der Waals surface area contributed by atoms with E-state index in [1.165, 1.54) is 0 Å². The van der Waals surface area contributed by atoms with E-state index >= 15 is 0 Å². The van der Waals surface area contributed by atoms with E-state index in [-0.39, 0.29) is 0 Å². The van der Waals surface area contributed by atoms with Gasteiger partial charge in [-0.25, -0.2) is 4.02 Å². The van der Waals surface area contributed by atoms with Gasteiger partial charge in [0.2, 0.25) is 0 Å². The lowest BCUT2D eigenvalue weighted by molar-refractivity contribution is 0.415. The van der Waals surface area contributed by atoms with Gasteiger partial charge in [-0.05, 0) is 29.8 Å². The summed E-state index contributed by atoms with van der Waals surface area (Å²) in [5.41, 5.74) is 1.04. The maximum atomic E-state index is 4.99. The average Bonchev–Trinajstić information content (AvgIpc) is 2.07. The van der Waals surface area contributed by atoms with Crippen molar-refractivity contribution in [3.8, 4) is 5.75 Å². The topological polar surface area (TPSA) is 21.6 Å². The molecule has 0 atom stereocenters. The van der Waals surface area contributed by atoms with Crippen LogP contribution in [0, 0.1) is 0 Å². The van der Waals surface area contributed by atoms with Crippen molar-refractivity contribution in [2.45, 2.75) is 0 Å². The van der Waals surface area contributed by atoms with Crippen LogP contribution in [0.4, 0.5) is 0 Å². The normalized spacial score (nSPS) is 10.4. The molecule has 11 heavy (non-hydrogen) atoms. The van der Waals surface area contributed by atoms with Gasteiger partial charge < -0.3 is 4.74 Å². The Morgan fingerprint density at radius 2 is 2.00 bits per heavy atom. The fraction of sp³-hybridized carbons (Fsp3) is 0.125. The van der Waals surface area contributed by atoms with Gasteiger partial charge in [0.25, 0.3) is 0 Å². The Kier molecular flexibility index (Phi) is 3.11. The number of methoxy groups -OCH3 is 1. The second-order valence-corrected chi connectivity index (χ2v) is 2.41. The summed E-state index contributed by atoms with van der Waals surface area (Å²) in [7, 11) is 1.65. The molecule has 0 radical (unpaired) electrons. The van der Waals surface area contributed by atoms with E-state index in [1.54, 1.807) is 13.3 Å². The molecule has 0 heterocycles. The Labute approximate surface area is 74.2 Å². The standard InChI is InChI=1S/C8H8BrNO/c1-11-8-4-2-7(3-5-8)6-10-9/h2-6H,1H3. The lowest BCUT2D eigenvalue weighted by Crippen LogP contribution is -1.83. The lowest BCUT2D eigenvalue weighted by atomic mass is 10.2. The van der Waals surface area contributed by atoms with Crippen LogP contribution in [0.3, 0.4) is 0 Å². The summed E-state index contributed by atoms with van der Waals surface area (Å²) < 4.78 is 8.70. The van der Waals surface area contributed by atoms with Gasteiger partial charge in [0, 0.05) is 6.21 Å². The molecule has 0 aliphatic heterocycles. The van der Waals surface area contributed by atoms with Crippen molar-refractivity contribution in [1.82, 2.24) is 0 Å². The molecule has 0 aliphatic carbocycles. The first kappa shape index (κ1) is 8.27. The van der Waals surface area contributed by atoms with Crippen LogP contribution < -0.4 is 4.74 Å². The van der Waals surface area contributed by atoms with Crippen LogP contribution in [0.5, 0.6) is 5.75 Å². The lowest BCUT2D eigenvalue weighted by Gasteiger charge is -1.97. The number of rotatable bonds is 2. The van der Waals surface area contributed by atoms with E-state index in [9.17, 15) is 0 Å². The Morgan fingerprint density at radius 1 is 1.36 bits per heavy atom. The Balaban J connectivity index is 2.82. The highest BCUT2D eigenvalue weighted by molar-refractivity contribution is 9.08. The quantitative estimate of drug-likeness (QED) is 0.692. The number of halogens is 1. The molecule has 58 valence electrons. The van der Waals surface area contributed by atoms with Gasteiger partial charge in [-0.15, -0.1) is 0 Å². The van der Waals surface area contributed by atoms with Crippen LogP contribution in [-0.4, -0.2) is 13.3 Å². The second kappa shape index (κ2) is 4.13. The predicted octanol–water partition coefficient (Wildman–Crippen LogP) is 2.42. The van der Waals surface area contributed by atoms with Gasteiger partial charge in [-0.3, -0.25) is 0 Å². The molecular formula is C8H8BrNO. The Morgan fingerprint density at radius 3 is 2.45 bits per heavy atom. The van der Waals surface area contributed by atoms with Crippen molar-refractivity contribution in [2.75, 3.05) is 7.11 Å². The molecule has 1 aromatic carbocycles. The summed E-state index contributed by atoms with van der Waals surface area (Å²) in [5.74, 6) is 0.858. The Hall–Kier alpha value is -0.830. The average molecular weight is 214 g/mol. The smallest absolute Gasteiger partial charge is 0.118 e. The third kappa shape index (κ3) is 2.35. The molecule has 0 unspecified atom stereocenters. The van der Waals surface area contributed by atoms with Crippen LogP contribution in [0.1, 0.15) is 5.56 Å². The van der Waals surface area contributed by atoms with Crippen LogP contribution in [0.25, 0.3) is 0 Å². The Bertz CT molecular complexity index is 243. The van der Waals surface area contributed by atoms with Gasteiger partial charge in [0.1, 0.15) is 5.75 Å². The molecule has 1 aromatic rings. The van der Waals surface area contributed by atoms with Gasteiger partial charge in [-0.1, -0.05) is 0 Å². The van der Waals surface area contributed by atoms with Gasteiger partial charge in [-0.2, -0.15) is 0 Å². The molecule has 0 saturated heterocycles. The first-order valence-corrected chi connectivity index (χ1v) is 3.86. The highest BCUT2D eigenvalue weighted by Crippen LogP contribution is 2.09. The summed E-state index contributed by atoms with van der Waals surface area (Å²) in [6.07, 6.45) is 1.72. The second-order valence-electron chi connectivity index (χ2n) is 2.00. The van der Waals surface area contributed by atoms with Crippen LogP contribution in [0.2, 0.25) is 0 Å². The summed E-state index contributed by atoms with van der Waals surface area (Å²) >= 11 is 2.96. The largest absolute Gasteiger partial charge is 0.497 e. The van der Waals surface area contributed by atoms with E-state index in [4.69, 9.17) is 4.74 Å². The third-order valence-corrected chi connectivity index (χ3v) is 1.52. The SMILES string of the molecule is COc1ccc(C=NBr)cc1. The van der Waals surface area contributed by atoms with Gasteiger partial charge >= 0.3 is 0 Å². The van der Waals surface area contributed by atoms with Crippen molar-refractivity contribution < 1.29 is 4.74 Å². The van der Waals surface area contributed by atoms with E-state index < -0.39 is 0 Å². The van der Waals surface area contributed by atoms with Crippen molar-refractivity contribution in [2.24, 2.45) is 4.02 Å². The molecule has 2 nitrogen and oxygen atoms in total. The van der Waals surface area contributed by atoms with E-state index in [1.807, 2.05) is 24.3 Å². The number of hydrogen-bond acceptors (Lipinski definition) is 2. The van der Waals surface area contributed by atoms with Crippen molar-refractivity contribution in [3.63, 3.8) is 0 Å².